The first-order chi connectivity index (χ1) is 15.7. The Labute approximate surface area is 206 Å². The maximum Gasteiger partial charge on any atom is 0.331 e. The zero-order valence-electron chi connectivity index (χ0n) is 22.4. The molecule has 3 saturated carbocycles. The van der Waals surface area contributed by atoms with Crippen LogP contribution < -0.4 is 0 Å². The predicted octanol–water partition coefficient (Wildman–Crippen LogP) is 6.58. The van der Waals surface area contributed by atoms with E-state index < -0.39 is 12.1 Å². The third-order valence-corrected chi connectivity index (χ3v) is 11.7. The monoisotopic (exact) mass is 470 g/mol. The molecule has 34 heavy (non-hydrogen) atoms. The van der Waals surface area contributed by atoms with Gasteiger partial charge in [0.2, 0.25) is 0 Å². The fraction of sp³-hybridized carbons (Fsp3) is 0.800. The van der Waals surface area contributed by atoms with Gasteiger partial charge in [-0.3, -0.25) is 4.79 Å². The van der Waals surface area contributed by atoms with Crippen LogP contribution in [-0.2, 0) is 9.59 Å². The van der Waals surface area contributed by atoms with Crippen LogP contribution in [0, 0.1) is 45.3 Å². The summed E-state index contributed by atoms with van der Waals surface area (Å²) in [7, 11) is 0. The zero-order valence-corrected chi connectivity index (χ0v) is 22.4. The van der Waals surface area contributed by atoms with Gasteiger partial charge >= 0.3 is 5.97 Å². The normalized spacial score (nSPS) is 43.3. The van der Waals surface area contributed by atoms with Crippen molar-refractivity contribution in [1.82, 2.24) is 0 Å². The highest BCUT2D eigenvalue weighted by molar-refractivity contribution is 5.86. The molecule has 8 atom stereocenters. The van der Waals surface area contributed by atoms with E-state index in [0.29, 0.717) is 35.9 Å². The van der Waals surface area contributed by atoms with Crippen LogP contribution in [0.25, 0.3) is 0 Å². The van der Waals surface area contributed by atoms with E-state index in [2.05, 4.69) is 47.6 Å². The number of aliphatic hydroxyl groups is 1. The maximum absolute atomic E-state index is 12.8. The Morgan fingerprint density at radius 2 is 1.82 bits per heavy atom. The van der Waals surface area contributed by atoms with Crippen molar-refractivity contribution in [1.29, 1.82) is 0 Å². The lowest BCUT2D eigenvalue weighted by Gasteiger charge is -2.63. The molecule has 190 valence electrons. The molecule has 0 aromatic carbocycles. The molecule has 4 nitrogen and oxygen atoms in total. The summed E-state index contributed by atoms with van der Waals surface area (Å²) < 4.78 is 0. The van der Waals surface area contributed by atoms with Gasteiger partial charge in [0.25, 0.3) is 0 Å². The summed E-state index contributed by atoms with van der Waals surface area (Å²) in [5, 5.41) is 19.7. The van der Waals surface area contributed by atoms with Crippen molar-refractivity contribution in [3.8, 4) is 0 Å². The second-order valence-corrected chi connectivity index (χ2v) is 13.5. The standard InChI is InChI=1S/C30H46O4/c1-18(16-20(31)17-19(2)26(33)34)21-10-14-30(7)23-8-9-24-27(3,4)25(32)12-13-28(24,5)22(23)11-15-29(21,30)6/h8,17-18,20-22,24,31H,9-16H2,1-7H3,(H,33,34)/b19-17-/t18-,20-,21-,22-,24+,28-,29-,30+/m1/s1. The summed E-state index contributed by atoms with van der Waals surface area (Å²) in [4.78, 5) is 24.0. The smallest absolute Gasteiger partial charge is 0.331 e. The van der Waals surface area contributed by atoms with Crippen LogP contribution in [0.3, 0.4) is 0 Å². The van der Waals surface area contributed by atoms with Gasteiger partial charge in [-0.05, 0) is 97.9 Å². The summed E-state index contributed by atoms with van der Waals surface area (Å²) in [5.74, 6) is 1.32. The minimum atomic E-state index is -0.964. The fourth-order valence-corrected chi connectivity index (χ4v) is 9.44. The van der Waals surface area contributed by atoms with Gasteiger partial charge in [0.05, 0.1) is 6.10 Å². The second kappa shape index (κ2) is 8.32. The van der Waals surface area contributed by atoms with Crippen molar-refractivity contribution < 1.29 is 19.8 Å². The summed E-state index contributed by atoms with van der Waals surface area (Å²) in [5.41, 5.74) is 2.19. The molecule has 0 aromatic heterocycles. The molecule has 0 bridgehead atoms. The van der Waals surface area contributed by atoms with Gasteiger partial charge < -0.3 is 10.2 Å². The number of fused-ring (bicyclic) bond motifs is 5. The molecule has 2 N–H and O–H groups in total. The lowest BCUT2D eigenvalue weighted by atomic mass is 9.41. The SMILES string of the molecule is C/C(=C/[C@H](O)C[C@@H](C)[C@H]1CC[C@@]2(C)C3=CC[C@H]4C(C)(C)C(=O)CC[C@]4(C)[C@@H]3CC[C@]12C)C(=O)O. The highest BCUT2D eigenvalue weighted by Crippen LogP contribution is 2.73. The molecule has 0 aromatic rings. The molecule has 0 heterocycles. The van der Waals surface area contributed by atoms with Crippen LogP contribution in [0.2, 0.25) is 0 Å². The van der Waals surface area contributed by atoms with E-state index >= 15 is 0 Å². The number of hydrogen-bond donors (Lipinski definition) is 2. The minimum Gasteiger partial charge on any atom is -0.478 e. The quantitative estimate of drug-likeness (QED) is 0.352. The number of carbonyl (C=O) groups excluding carboxylic acids is 1. The van der Waals surface area contributed by atoms with Crippen LogP contribution in [0.15, 0.2) is 23.3 Å². The van der Waals surface area contributed by atoms with Gasteiger partial charge in [0.1, 0.15) is 5.78 Å². The number of carboxylic acids is 1. The Kier molecular flexibility index (Phi) is 6.28. The van der Waals surface area contributed by atoms with Crippen LogP contribution in [0.4, 0.5) is 0 Å². The van der Waals surface area contributed by atoms with Gasteiger partial charge in [0.15, 0.2) is 0 Å². The number of Topliss-reactive ketones (excluding diaryl/α,β-unsaturated/α-hetero) is 1. The third kappa shape index (κ3) is 3.57. The lowest BCUT2D eigenvalue weighted by molar-refractivity contribution is -0.146. The molecule has 0 aliphatic heterocycles. The topological polar surface area (TPSA) is 74.6 Å². The van der Waals surface area contributed by atoms with Crippen LogP contribution in [0.5, 0.6) is 0 Å². The molecule has 3 fully saturated rings. The Morgan fingerprint density at radius 1 is 1.15 bits per heavy atom. The van der Waals surface area contributed by atoms with Crippen LogP contribution >= 0.6 is 0 Å². The first kappa shape index (κ1) is 25.7. The van der Waals surface area contributed by atoms with E-state index in [1.54, 1.807) is 12.5 Å². The summed E-state index contributed by atoms with van der Waals surface area (Å²) in [6, 6.07) is 0. The zero-order chi connectivity index (χ0) is 25.3. The summed E-state index contributed by atoms with van der Waals surface area (Å²) >= 11 is 0. The molecular formula is C30H46O4. The Hall–Kier alpha value is -1.42. The molecule has 0 amide bonds. The first-order valence-electron chi connectivity index (χ1n) is 13.5. The largest absolute Gasteiger partial charge is 0.478 e. The van der Waals surface area contributed by atoms with E-state index in [9.17, 15) is 14.7 Å². The fourth-order valence-electron chi connectivity index (χ4n) is 9.44. The Bertz CT molecular complexity index is 928. The molecular weight excluding hydrogens is 424 g/mol. The van der Waals surface area contributed by atoms with Crippen molar-refractivity contribution in [2.75, 3.05) is 0 Å². The molecule has 4 aliphatic carbocycles. The van der Waals surface area contributed by atoms with Gasteiger partial charge in [-0.25, -0.2) is 4.79 Å². The molecule has 0 unspecified atom stereocenters. The number of allylic oxidation sites excluding steroid dienone is 2. The number of carboxylic acid groups (broad SMARTS) is 1. The van der Waals surface area contributed by atoms with E-state index in [1.165, 1.54) is 25.3 Å². The highest BCUT2D eigenvalue weighted by Gasteiger charge is 2.65. The molecule has 4 aliphatic rings. The van der Waals surface area contributed by atoms with Gasteiger partial charge in [-0.2, -0.15) is 0 Å². The number of ketones is 1. The molecule has 0 radical (unpaired) electrons. The average molecular weight is 471 g/mol. The molecule has 0 spiro atoms. The summed E-state index contributed by atoms with van der Waals surface area (Å²) in [6.07, 6.45) is 11.4. The number of hydrogen-bond acceptors (Lipinski definition) is 3. The molecule has 4 rings (SSSR count). The van der Waals surface area contributed by atoms with Crippen molar-refractivity contribution in [3.05, 3.63) is 23.3 Å². The van der Waals surface area contributed by atoms with Crippen LogP contribution in [0.1, 0.15) is 99.8 Å². The third-order valence-electron chi connectivity index (χ3n) is 11.7. The van der Waals surface area contributed by atoms with Gasteiger partial charge in [0, 0.05) is 17.4 Å². The van der Waals surface area contributed by atoms with E-state index in [4.69, 9.17) is 5.11 Å². The van der Waals surface area contributed by atoms with E-state index in [1.807, 2.05) is 0 Å². The highest BCUT2D eigenvalue weighted by atomic mass is 16.4. The second-order valence-electron chi connectivity index (χ2n) is 13.5. The predicted molar refractivity (Wildman–Crippen MR) is 135 cm³/mol. The van der Waals surface area contributed by atoms with Crippen molar-refractivity contribution in [2.45, 2.75) is 106 Å². The Morgan fingerprint density at radius 3 is 2.47 bits per heavy atom. The first-order valence-corrected chi connectivity index (χ1v) is 13.5. The Balaban J connectivity index is 1.60. The molecule has 4 heteroatoms. The van der Waals surface area contributed by atoms with Crippen molar-refractivity contribution in [3.63, 3.8) is 0 Å². The van der Waals surface area contributed by atoms with Crippen molar-refractivity contribution >= 4 is 11.8 Å². The number of aliphatic hydroxyl groups excluding tert-OH is 1. The molecule has 0 saturated heterocycles. The minimum absolute atomic E-state index is 0.159. The average Bonchev–Trinajstić information content (AvgIpc) is 3.02. The van der Waals surface area contributed by atoms with Crippen molar-refractivity contribution in [2.24, 2.45) is 45.3 Å². The van der Waals surface area contributed by atoms with E-state index in [-0.39, 0.29) is 27.2 Å². The van der Waals surface area contributed by atoms with E-state index in [0.717, 1.165) is 25.7 Å². The summed E-state index contributed by atoms with van der Waals surface area (Å²) in [6.45, 7) is 15.7. The number of rotatable bonds is 5. The van der Waals surface area contributed by atoms with Crippen LogP contribution in [-0.4, -0.2) is 28.1 Å². The number of aliphatic carboxylic acids is 1. The van der Waals surface area contributed by atoms with Gasteiger partial charge in [-0.1, -0.05) is 53.2 Å². The lowest BCUT2D eigenvalue weighted by Crippen LogP contribution is -2.57. The number of carbonyl (C=O) groups is 2. The maximum atomic E-state index is 12.8. The van der Waals surface area contributed by atoms with Gasteiger partial charge in [-0.15, -0.1) is 0 Å².